The molecule has 0 fully saturated rings. The molecule has 0 spiro atoms. The highest BCUT2D eigenvalue weighted by Crippen LogP contribution is 2.18. The van der Waals surface area contributed by atoms with Gasteiger partial charge in [0, 0.05) is 19.2 Å². The van der Waals surface area contributed by atoms with Crippen LogP contribution in [0.3, 0.4) is 0 Å². The van der Waals surface area contributed by atoms with Crippen LogP contribution in [0, 0.1) is 0 Å². The molecule has 4 heteroatoms. The maximum atomic E-state index is 9.90. The summed E-state index contributed by atoms with van der Waals surface area (Å²) in [5.74, 6) is 0.269. The summed E-state index contributed by atoms with van der Waals surface area (Å²) < 4.78 is 5.27. The molecule has 0 amide bonds. The Bertz CT molecular complexity index is 432. The quantitative estimate of drug-likeness (QED) is 0.586. The second kappa shape index (κ2) is 8.59. The van der Waals surface area contributed by atoms with E-state index in [-0.39, 0.29) is 11.8 Å². The summed E-state index contributed by atoms with van der Waals surface area (Å²) in [6.45, 7) is 7.74. The van der Waals surface area contributed by atoms with Gasteiger partial charge >= 0.3 is 0 Å². The zero-order chi connectivity index (χ0) is 15.0. The minimum absolute atomic E-state index is 0.265. The molecule has 4 nitrogen and oxygen atoms in total. The van der Waals surface area contributed by atoms with E-state index in [9.17, 15) is 5.11 Å². The Morgan fingerprint density at radius 3 is 2.60 bits per heavy atom. The minimum atomic E-state index is 0.265. The Labute approximate surface area is 122 Å². The van der Waals surface area contributed by atoms with Crippen molar-refractivity contribution in [3.8, 4) is 5.75 Å². The van der Waals surface area contributed by atoms with Gasteiger partial charge in [0.2, 0.25) is 0 Å². The fraction of sp³-hybridized carbons (Fsp3) is 0.562. The molecule has 0 aliphatic rings. The lowest BCUT2D eigenvalue weighted by Gasteiger charge is -2.28. The summed E-state index contributed by atoms with van der Waals surface area (Å²) in [6, 6.07) is 7.56. The monoisotopic (exact) mass is 278 g/mol. The van der Waals surface area contributed by atoms with Crippen LogP contribution in [-0.2, 0) is 4.74 Å². The number of phenols is 1. The average Bonchev–Trinajstić information content (AvgIpc) is 2.44. The van der Waals surface area contributed by atoms with E-state index in [1.807, 2.05) is 25.1 Å². The number of ether oxygens (including phenoxy) is 1. The normalized spacial score (nSPS) is 13.3. The number of benzene rings is 1. The van der Waals surface area contributed by atoms with E-state index in [2.05, 4.69) is 18.9 Å². The van der Waals surface area contributed by atoms with Crippen LogP contribution in [-0.4, -0.2) is 42.1 Å². The van der Waals surface area contributed by atoms with E-state index < -0.39 is 0 Å². The van der Waals surface area contributed by atoms with Crippen LogP contribution in [0.15, 0.2) is 29.4 Å². The van der Waals surface area contributed by atoms with Gasteiger partial charge in [-0.25, -0.2) is 0 Å². The molecule has 1 N–H and O–H groups in total. The smallest absolute Gasteiger partial charge is 0.124 e. The van der Waals surface area contributed by atoms with Gasteiger partial charge in [-0.1, -0.05) is 26.0 Å². The maximum Gasteiger partial charge on any atom is 0.124 e. The molecule has 0 saturated heterocycles. The molecule has 1 atom stereocenters. The average molecular weight is 278 g/mol. The van der Waals surface area contributed by atoms with Crippen LogP contribution in [0.2, 0.25) is 0 Å². The van der Waals surface area contributed by atoms with E-state index >= 15 is 0 Å². The van der Waals surface area contributed by atoms with Gasteiger partial charge in [-0.15, -0.1) is 0 Å². The molecule has 0 unspecified atom stereocenters. The Morgan fingerprint density at radius 2 is 2.05 bits per heavy atom. The lowest BCUT2D eigenvalue weighted by Crippen LogP contribution is -2.35. The van der Waals surface area contributed by atoms with Gasteiger partial charge in [0.25, 0.3) is 0 Å². The van der Waals surface area contributed by atoms with Crippen molar-refractivity contribution in [2.24, 2.45) is 5.10 Å². The van der Waals surface area contributed by atoms with Gasteiger partial charge in [-0.2, -0.15) is 5.10 Å². The fourth-order valence-electron chi connectivity index (χ4n) is 2.18. The van der Waals surface area contributed by atoms with Gasteiger partial charge in [0.15, 0.2) is 0 Å². The molecule has 0 radical (unpaired) electrons. The van der Waals surface area contributed by atoms with Crippen molar-refractivity contribution in [1.82, 2.24) is 5.01 Å². The van der Waals surface area contributed by atoms with Crippen LogP contribution in [0.4, 0.5) is 0 Å². The van der Waals surface area contributed by atoms with E-state index in [1.54, 1.807) is 13.2 Å². The number of hydrogen-bond acceptors (Lipinski definition) is 4. The van der Waals surface area contributed by atoms with Crippen LogP contribution >= 0.6 is 0 Å². The number of rotatable bonds is 8. The second-order valence-corrected chi connectivity index (χ2v) is 4.88. The number of aromatic hydroxyl groups is 1. The molecule has 0 bridgehead atoms. The Hall–Kier alpha value is -1.55. The summed E-state index contributed by atoms with van der Waals surface area (Å²) in [4.78, 5) is 0. The molecule has 0 aliphatic heterocycles. The van der Waals surface area contributed by atoms with Crippen molar-refractivity contribution in [3.05, 3.63) is 29.8 Å². The molecule has 1 aromatic rings. The zero-order valence-electron chi connectivity index (χ0n) is 13.0. The fourth-order valence-corrected chi connectivity index (χ4v) is 2.18. The van der Waals surface area contributed by atoms with E-state index in [0.717, 1.165) is 30.7 Å². The first-order chi connectivity index (χ1) is 9.63. The van der Waals surface area contributed by atoms with Gasteiger partial charge in [0.05, 0.1) is 18.4 Å². The lowest BCUT2D eigenvalue weighted by atomic mass is 10.1. The predicted octanol–water partition coefficient (Wildman–Crippen LogP) is 3.25. The van der Waals surface area contributed by atoms with E-state index in [1.165, 1.54) is 0 Å². The van der Waals surface area contributed by atoms with Gasteiger partial charge in [-0.05, 0) is 31.9 Å². The molecule has 0 aromatic heterocycles. The summed E-state index contributed by atoms with van der Waals surface area (Å²) in [6.07, 6.45) is 2.00. The summed E-state index contributed by atoms with van der Waals surface area (Å²) in [7, 11) is 1.71. The topological polar surface area (TPSA) is 45.1 Å². The molecular formula is C16H26N2O2. The van der Waals surface area contributed by atoms with Crippen molar-refractivity contribution in [1.29, 1.82) is 0 Å². The first-order valence-corrected chi connectivity index (χ1v) is 7.23. The van der Waals surface area contributed by atoms with Gasteiger partial charge in [-0.3, -0.25) is 5.01 Å². The molecule has 1 aromatic carbocycles. The molecule has 0 saturated carbocycles. The highest BCUT2D eigenvalue weighted by atomic mass is 16.5. The standard InChI is InChI=1S/C16H26N2O2/c1-5-11-18(14(6-2)12-20-4)17-13(3)15-9-7-8-10-16(15)19/h7-10,14,19H,5-6,11-12H2,1-4H3/b17-13+/t14-/m1/s1. The number of hydrogen-bond donors (Lipinski definition) is 1. The molecule has 0 aliphatic carbocycles. The third-order valence-corrected chi connectivity index (χ3v) is 3.28. The number of nitrogens with zero attached hydrogens (tertiary/aromatic N) is 2. The van der Waals surface area contributed by atoms with Crippen LogP contribution < -0.4 is 0 Å². The SMILES string of the molecule is CCCN(/N=C(\C)c1ccccc1O)[C@H](CC)COC. The van der Waals surface area contributed by atoms with Crippen LogP contribution in [0.1, 0.15) is 39.2 Å². The maximum absolute atomic E-state index is 9.90. The van der Waals surface area contributed by atoms with Crippen LogP contribution in [0.5, 0.6) is 5.75 Å². The second-order valence-electron chi connectivity index (χ2n) is 4.88. The van der Waals surface area contributed by atoms with Crippen LogP contribution in [0.25, 0.3) is 0 Å². The number of phenolic OH excluding ortho intramolecular Hbond substituents is 1. The Kier molecular flexibility index (Phi) is 7.09. The number of methoxy groups -OCH3 is 1. The predicted molar refractivity (Wildman–Crippen MR) is 83.3 cm³/mol. The molecular weight excluding hydrogens is 252 g/mol. The Morgan fingerprint density at radius 1 is 1.35 bits per heavy atom. The molecule has 0 heterocycles. The van der Waals surface area contributed by atoms with Gasteiger partial charge in [0.1, 0.15) is 5.75 Å². The minimum Gasteiger partial charge on any atom is -0.507 e. The molecule has 112 valence electrons. The lowest BCUT2D eigenvalue weighted by molar-refractivity contribution is 0.0896. The summed E-state index contributed by atoms with van der Waals surface area (Å²) in [5, 5.41) is 16.7. The first-order valence-electron chi connectivity index (χ1n) is 7.23. The number of hydrazone groups is 1. The first kappa shape index (κ1) is 16.5. The highest BCUT2D eigenvalue weighted by Gasteiger charge is 2.15. The summed E-state index contributed by atoms with van der Waals surface area (Å²) in [5.41, 5.74) is 1.60. The summed E-state index contributed by atoms with van der Waals surface area (Å²) >= 11 is 0. The number of para-hydroxylation sites is 1. The zero-order valence-corrected chi connectivity index (χ0v) is 13.0. The van der Waals surface area contributed by atoms with Crippen molar-refractivity contribution in [2.75, 3.05) is 20.3 Å². The van der Waals surface area contributed by atoms with Crippen molar-refractivity contribution >= 4 is 5.71 Å². The highest BCUT2D eigenvalue weighted by molar-refractivity contribution is 6.00. The third kappa shape index (κ3) is 4.53. The van der Waals surface area contributed by atoms with Crippen molar-refractivity contribution < 1.29 is 9.84 Å². The third-order valence-electron chi connectivity index (χ3n) is 3.28. The largest absolute Gasteiger partial charge is 0.507 e. The molecule has 20 heavy (non-hydrogen) atoms. The van der Waals surface area contributed by atoms with E-state index in [4.69, 9.17) is 9.84 Å². The van der Waals surface area contributed by atoms with Crippen molar-refractivity contribution in [3.63, 3.8) is 0 Å². The Balaban J connectivity index is 2.97. The van der Waals surface area contributed by atoms with Crippen molar-refractivity contribution in [2.45, 2.75) is 39.7 Å². The molecule has 1 rings (SSSR count). The van der Waals surface area contributed by atoms with Gasteiger partial charge < -0.3 is 9.84 Å². The van der Waals surface area contributed by atoms with E-state index in [0.29, 0.717) is 6.61 Å².